The van der Waals surface area contributed by atoms with Gasteiger partial charge in [0.15, 0.2) is 0 Å². The summed E-state index contributed by atoms with van der Waals surface area (Å²) < 4.78 is 0. The molecule has 1 aromatic rings. The Morgan fingerprint density at radius 2 is 2.58 bits per heavy atom. The second-order valence-corrected chi connectivity index (χ2v) is 2.95. The number of imidazole rings is 1. The molecule has 1 aromatic heterocycles. The lowest BCUT2D eigenvalue weighted by Gasteiger charge is -2.07. The molecule has 0 saturated heterocycles. The molecule has 0 aliphatic rings. The number of nitrogens with one attached hydrogen (secondary N) is 2. The van der Waals surface area contributed by atoms with E-state index >= 15 is 0 Å². The van der Waals surface area contributed by atoms with Gasteiger partial charge in [0, 0.05) is 25.5 Å². The lowest BCUT2D eigenvalue weighted by molar-refractivity contribution is 0.233. The van der Waals surface area contributed by atoms with Crippen LogP contribution in [0, 0.1) is 5.92 Å². The van der Waals surface area contributed by atoms with Crippen LogP contribution in [0.2, 0.25) is 0 Å². The van der Waals surface area contributed by atoms with Crippen LogP contribution in [0.4, 0.5) is 0 Å². The third-order valence-electron chi connectivity index (χ3n) is 1.65. The summed E-state index contributed by atoms with van der Waals surface area (Å²) in [5.41, 5.74) is 0. The molecule has 1 atom stereocenters. The van der Waals surface area contributed by atoms with Crippen molar-refractivity contribution in [3.63, 3.8) is 0 Å². The van der Waals surface area contributed by atoms with Crippen molar-refractivity contribution < 1.29 is 5.11 Å². The zero-order valence-corrected chi connectivity index (χ0v) is 7.25. The second-order valence-electron chi connectivity index (χ2n) is 2.95. The molecule has 0 aliphatic heterocycles. The number of aromatic amines is 1. The van der Waals surface area contributed by atoms with Gasteiger partial charge in [-0.05, 0) is 5.92 Å². The van der Waals surface area contributed by atoms with E-state index in [0.29, 0.717) is 5.92 Å². The standard InChI is InChI=1S/C8H15N3O/c1-7(6-12)4-9-5-8-10-2-3-11-8/h2-3,7,9,12H,4-6H2,1H3,(H,10,11). The Balaban J connectivity index is 2.11. The van der Waals surface area contributed by atoms with Crippen molar-refractivity contribution in [1.82, 2.24) is 15.3 Å². The fourth-order valence-corrected chi connectivity index (χ4v) is 0.896. The molecule has 1 unspecified atom stereocenters. The van der Waals surface area contributed by atoms with Gasteiger partial charge in [-0.25, -0.2) is 4.98 Å². The Morgan fingerprint density at radius 3 is 3.17 bits per heavy atom. The van der Waals surface area contributed by atoms with E-state index in [0.717, 1.165) is 18.9 Å². The number of aliphatic hydroxyl groups excluding tert-OH is 1. The van der Waals surface area contributed by atoms with Gasteiger partial charge in [-0.15, -0.1) is 0 Å². The van der Waals surface area contributed by atoms with E-state index in [9.17, 15) is 0 Å². The van der Waals surface area contributed by atoms with E-state index in [1.54, 1.807) is 12.4 Å². The zero-order valence-electron chi connectivity index (χ0n) is 7.25. The van der Waals surface area contributed by atoms with E-state index < -0.39 is 0 Å². The van der Waals surface area contributed by atoms with Crippen LogP contribution in [-0.2, 0) is 6.54 Å². The van der Waals surface area contributed by atoms with Gasteiger partial charge in [-0.1, -0.05) is 6.92 Å². The van der Waals surface area contributed by atoms with Gasteiger partial charge >= 0.3 is 0 Å². The van der Waals surface area contributed by atoms with E-state index in [-0.39, 0.29) is 6.61 Å². The van der Waals surface area contributed by atoms with Gasteiger partial charge in [0.05, 0.1) is 6.54 Å². The topological polar surface area (TPSA) is 60.9 Å². The minimum Gasteiger partial charge on any atom is -0.396 e. The van der Waals surface area contributed by atoms with Crippen LogP contribution < -0.4 is 5.32 Å². The number of hydrogen-bond donors (Lipinski definition) is 3. The lowest BCUT2D eigenvalue weighted by Crippen LogP contribution is -2.23. The Hall–Kier alpha value is -0.870. The molecule has 0 amide bonds. The third kappa shape index (κ3) is 3.02. The Morgan fingerprint density at radius 1 is 1.75 bits per heavy atom. The largest absolute Gasteiger partial charge is 0.396 e. The van der Waals surface area contributed by atoms with Crippen LogP contribution in [0.1, 0.15) is 12.7 Å². The highest BCUT2D eigenvalue weighted by Gasteiger charge is 1.99. The monoisotopic (exact) mass is 169 g/mol. The molecular weight excluding hydrogens is 154 g/mol. The van der Waals surface area contributed by atoms with Gasteiger partial charge < -0.3 is 15.4 Å². The Bertz CT molecular complexity index is 198. The fourth-order valence-electron chi connectivity index (χ4n) is 0.896. The van der Waals surface area contributed by atoms with Crippen LogP contribution in [0.5, 0.6) is 0 Å². The van der Waals surface area contributed by atoms with Crippen molar-refractivity contribution >= 4 is 0 Å². The molecule has 0 bridgehead atoms. The van der Waals surface area contributed by atoms with E-state index in [1.807, 2.05) is 6.92 Å². The van der Waals surface area contributed by atoms with Crippen molar-refractivity contribution in [2.75, 3.05) is 13.2 Å². The van der Waals surface area contributed by atoms with Crippen molar-refractivity contribution in [3.8, 4) is 0 Å². The molecule has 12 heavy (non-hydrogen) atoms. The molecule has 4 heteroatoms. The summed E-state index contributed by atoms with van der Waals surface area (Å²) in [6.45, 7) is 3.77. The predicted molar refractivity (Wildman–Crippen MR) is 46.5 cm³/mol. The summed E-state index contributed by atoms with van der Waals surface area (Å²) in [4.78, 5) is 7.05. The van der Waals surface area contributed by atoms with Gasteiger partial charge in [0.2, 0.25) is 0 Å². The highest BCUT2D eigenvalue weighted by Crippen LogP contribution is 1.91. The molecule has 1 rings (SSSR count). The molecule has 0 radical (unpaired) electrons. The Kier molecular flexibility index (Phi) is 3.76. The van der Waals surface area contributed by atoms with Gasteiger partial charge in [0.1, 0.15) is 5.82 Å². The quantitative estimate of drug-likeness (QED) is 0.587. The van der Waals surface area contributed by atoms with Crippen LogP contribution >= 0.6 is 0 Å². The number of hydrogen-bond acceptors (Lipinski definition) is 3. The summed E-state index contributed by atoms with van der Waals surface area (Å²) in [6, 6.07) is 0. The number of H-pyrrole nitrogens is 1. The zero-order chi connectivity index (χ0) is 8.81. The molecule has 0 aromatic carbocycles. The summed E-state index contributed by atoms with van der Waals surface area (Å²) >= 11 is 0. The molecule has 1 heterocycles. The SMILES string of the molecule is CC(CO)CNCc1ncc[nH]1. The van der Waals surface area contributed by atoms with Gasteiger partial charge in [-0.2, -0.15) is 0 Å². The van der Waals surface area contributed by atoms with Crippen LogP contribution in [-0.4, -0.2) is 28.2 Å². The first-order valence-corrected chi connectivity index (χ1v) is 4.12. The molecule has 0 saturated carbocycles. The Labute approximate surface area is 72.0 Å². The summed E-state index contributed by atoms with van der Waals surface area (Å²) in [5, 5.41) is 11.9. The average Bonchev–Trinajstić information content (AvgIpc) is 2.57. The van der Waals surface area contributed by atoms with Gasteiger partial charge in [0.25, 0.3) is 0 Å². The first kappa shape index (κ1) is 9.22. The van der Waals surface area contributed by atoms with Crippen LogP contribution in [0.25, 0.3) is 0 Å². The molecule has 0 aliphatic carbocycles. The average molecular weight is 169 g/mol. The van der Waals surface area contributed by atoms with Crippen molar-refractivity contribution in [2.45, 2.75) is 13.5 Å². The molecule has 4 nitrogen and oxygen atoms in total. The van der Waals surface area contributed by atoms with Crippen LogP contribution in [0.15, 0.2) is 12.4 Å². The van der Waals surface area contributed by atoms with E-state index in [4.69, 9.17) is 5.11 Å². The van der Waals surface area contributed by atoms with Crippen molar-refractivity contribution in [2.24, 2.45) is 5.92 Å². The predicted octanol–water partition coefficient (Wildman–Crippen LogP) is 0.128. The van der Waals surface area contributed by atoms with E-state index in [1.165, 1.54) is 0 Å². The first-order valence-electron chi connectivity index (χ1n) is 4.12. The minimum absolute atomic E-state index is 0.227. The minimum atomic E-state index is 0.227. The first-order chi connectivity index (χ1) is 5.83. The highest BCUT2D eigenvalue weighted by molar-refractivity contribution is 4.85. The third-order valence-corrected chi connectivity index (χ3v) is 1.65. The number of nitrogens with zero attached hydrogens (tertiary/aromatic N) is 1. The molecule has 3 N–H and O–H groups in total. The van der Waals surface area contributed by atoms with Gasteiger partial charge in [-0.3, -0.25) is 0 Å². The highest BCUT2D eigenvalue weighted by atomic mass is 16.3. The normalized spacial score (nSPS) is 13.2. The molecule has 0 spiro atoms. The maximum absolute atomic E-state index is 8.73. The molecular formula is C8H15N3O. The number of rotatable bonds is 5. The summed E-state index contributed by atoms with van der Waals surface area (Å²) in [7, 11) is 0. The van der Waals surface area contributed by atoms with Crippen molar-refractivity contribution in [1.29, 1.82) is 0 Å². The smallest absolute Gasteiger partial charge is 0.120 e. The maximum Gasteiger partial charge on any atom is 0.120 e. The number of aliphatic hydroxyl groups is 1. The molecule has 0 fully saturated rings. The summed E-state index contributed by atoms with van der Waals surface area (Å²) in [6.07, 6.45) is 3.53. The fraction of sp³-hybridized carbons (Fsp3) is 0.625. The van der Waals surface area contributed by atoms with Crippen molar-refractivity contribution in [3.05, 3.63) is 18.2 Å². The maximum atomic E-state index is 8.73. The second kappa shape index (κ2) is 4.90. The summed E-state index contributed by atoms with van der Waals surface area (Å²) in [5.74, 6) is 1.24. The number of aromatic nitrogens is 2. The van der Waals surface area contributed by atoms with E-state index in [2.05, 4.69) is 15.3 Å². The molecule has 68 valence electrons. The van der Waals surface area contributed by atoms with Crippen LogP contribution in [0.3, 0.4) is 0 Å². The lowest BCUT2D eigenvalue weighted by atomic mass is 10.2.